The first kappa shape index (κ1) is 15.3. The average molecular weight is 259 g/mol. The Kier molecular flexibility index (Phi) is 8.33. The molecule has 1 aliphatic carbocycles. The van der Waals surface area contributed by atoms with Gasteiger partial charge in [0.2, 0.25) is 0 Å². The Bertz CT molecular complexity index is 181. The van der Waals surface area contributed by atoms with E-state index >= 15 is 0 Å². The zero-order valence-electron chi connectivity index (χ0n) is 11.6. The second kappa shape index (κ2) is 9.23. The predicted octanol–water partition coefficient (Wildman–Crippen LogP) is 3.32. The van der Waals surface area contributed by atoms with Gasteiger partial charge in [0.15, 0.2) is 0 Å². The fourth-order valence-electron chi connectivity index (χ4n) is 2.78. The number of ether oxygens (including phenoxy) is 1. The summed E-state index contributed by atoms with van der Waals surface area (Å²) in [5, 5.41) is 3.59. The molecule has 17 heavy (non-hydrogen) atoms. The molecular formula is C14H29NOS. The standard InChI is InChI=1S/C14H29NOS/c1-3-17-12-9-14(7-5-4-6-8-14)13-15-10-11-16-2/h15H,3-13H2,1-2H3. The lowest BCUT2D eigenvalue weighted by molar-refractivity contribution is 0.160. The summed E-state index contributed by atoms with van der Waals surface area (Å²) in [5.74, 6) is 2.59. The molecular weight excluding hydrogens is 230 g/mol. The fourth-order valence-corrected chi connectivity index (χ4v) is 3.64. The first-order chi connectivity index (χ1) is 8.33. The second-order valence-corrected chi connectivity index (χ2v) is 6.57. The van der Waals surface area contributed by atoms with Gasteiger partial charge in [-0.15, -0.1) is 0 Å². The van der Waals surface area contributed by atoms with Crippen LogP contribution in [0.1, 0.15) is 45.4 Å². The maximum absolute atomic E-state index is 5.10. The van der Waals surface area contributed by atoms with Gasteiger partial charge in [-0.3, -0.25) is 0 Å². The third kappa shape index (κ3) is 6.12. The molecule has 1 fully saturated rings. The maximum Gasteiger partial charge on any atom is 0.0587 e. The highest BCUT2D eigenvalue weighted by Crippen LogP contribution is 2.39. The third-order valence-corrected chi connectivity index (χ3v) is 4.78. The molecule has 0 amide bonds. The number of hydrogen-bond acceptors (Lipinski definition) is 3. The zero-order valence-corrected chi connectivity index (χ0v) is 12.4. The van der Waals surface area contributed by atoms with Crippen LogP contribution < -0.4 is 5.32 Å². The highest BCUT2D eigenvalue weighted by molar-refractivity contribution is 7.99. The van der Waals surface area contributed by atoms with Crippen molar-refractivity contribution < 1.29 is 4.74 Å². The van der Waals surface area contributed by atoms with Crippen molar-refractivity contribution in [2.75, 3.05) is 38.3 Å². The minimum atomic E-state index is 0.591. The van der Waals surface area contributed by atoms with Crippen molar-refractivity contribution in [2.24, 2.45) is 5.41 Å². The topological polar surface area (TPSA) is 21.3 Å². The van der Waals surface area contributed by atoms with Gasteiger partial charge in [0.25, 0.3) is 0 Å². The van der Waals surface area contributed by atoms with Crippen LogP contribution >= 0.6 is 11.8 Å². The first-order valence-electron chi connectivity index (χ1n) is 7.10. The normalized spacial score (nSPS) is 19.4. The summed E-state index contributed by atoms with van der Waals surface area (Å²) < 4.78 is 5.10. The molecule has 2 nitrogen and oxygen atoms in total. The van der Waals surface area contributed by atoms with Gasteiger partial charge >= 0.3 is 0 Å². The van der Waals surface area contributed by atoms with E-state index in [1.165, 1.54) is 56.6 Å². The van der Waals surface area contributed by atoms with Crippen LogP contribution in [0.5, 0.6) is 0 Å². The number of rotatable bonds is 9. The molecule has 0 radical (unpaired) electrons. The van der Waals surface area contributed by atoms with Crippen molar-refractivity contribution in [3.05, 3.63) is 0 Å². The van der Waals surface area contributed by atoms with Crippen LogP contribution in [0.4, 0.5) is 0 Å². The summed E-state index contributed by atoms with van der Waals surface area (Å²) in [4.78, 5) is 0. The van der Waals surface area contributed by atoms with Gasteiger partial charge in [0, 0.05) is 20.2 Å². The summed E-state index contributed by atoms with van der Waals surface area (Å²) in [6, 6.07) is 0. The molecule has 0 aliphatic heterocycles. The van der Waals surface area contributed by atoms with E-state index in [4.69, 9.17) is 4.74 Å². The van der Waals surface area contributed by atoms with Gasteiger partial charge < -0.3 is 10.1 Å². The minimum absolute atomic E-state index is 0.591. The van der Waals surface area contributed by atoms with Gasteiger partial charge in [-0.25, -0.2) is 0 Å². The number of thioether (sulfide) groups is 1. The predicted molar refractivity (Wildman–Crippen MR) is 77.9 cm³/mol. The SMILES string of the molecule is CCSCCC1(CNCCOC)CCCCC1. The van der Waals surface area contributed by atoms with E-state index in [-0.39, 0.29) is 0 Å². The van der Waals surface area contributed by atoms with E-state index < -0.39 is 0 Å². The summed E-state index contributed by atoms with van der Waals surface area (Å²) in [6.45, 7) is 5.29. The van der Waals surface area contributed by atoms with Crippen molar-refractivity contribution in [1.82, 2.24) is 5.32 Å². The highest BCUT2D eigenvalue weighted by atomic mass is 32.2. The number of nitrogens with one attached hydrogen (secondary N) is 1. The summed E-state index contributed by atoms with van der Waals surface area (Å²) >= 11 is 2.09. The molecule has 1 rings (SSSR count). The van der Waals surface area contributed by atoms with Crippen LogP contribution in [-0.2, 0) is 4.74 Å². The van der Waals surface area contributed by atoms with Gasteiger partial charge in [-0.05, 0) is 36.2 Å². The van der Waals surface area contributed by atoms with E-state index in [1.807, 2.05) is 0 Å². The van der Waals surface area contributed by atoms with Gasteiger partial charge in [0.1, 0.15) is 0 Å². The molecule has 0 heterocycles. The third-order valence-electron chi connectivity index (χ3n) is 3.88. The van der Waals surface area contributed by atoms with Crippen LogP contribution in [0.2, 0.25) is 0 Å². The van der Waals surface area contributed by atoms with E-state index in [2.05, 4.69) is 24.0 Å². The lowest BCUT2D eigenvalue weighted by atomic mass is 9.72. The highest BCUT2D eigenvalue weighted by Gasteiger charge is 2.30. The molecule has 0 unspecified atom stereocenters. The molecule has 0 atom stereocenters. The van der Waals surface area contributed by atoms with Crippen molar-refractivity contribution in [2.45, 2.75) is 45.4 Å². The van der Waals surface area contributed by atoms with Crippen molar-refractivity contribution in [1.29, 1.82) is 0 Å². The molecule has 1 aliphatic rings. The van der Waals surface area contributed by atoms with E-state index in [0.717, 1.165) is 13.2 Å². The van der Waals surface area contributed by atoms with Gasteiger partial charge in [0.05, 0.1) is 6.61 Å². The molecule has 0 aromatic rings. The summed E-state index contributed by atoms with van der Waals surface area (Å²) in [6.07, 6.45) is 8.56. The Morgan fingerprint density at radius 1 is 1.24 bits per heavy atom. The summed E-state index contributed by atoms with van der Waals surface area (Å²) in [5.41, 5.74) is 0.591. The Labute approximate surface area is 111 Å². The van der Waals surface area contributed by atoms with E-state index in [0.29, 0.717) is 5.41 Å². The van der Waals surface area contributed by atoms with Crippen molar-refractivity contribution in [3.8, 4) is 0 Å². The van der Waals surface area contributed by atoms with Crippen LogP contribution in [0, 0.1) is 5.41 Å². The van der Waals surface area contributed by atoms with Crippen LogP contribution in [0.25, 0.3) is 0 Å². The molecule has 0 spiro atoms. The van der Waals surface area contributed by atoms with E-state index in [1.54, 1.807) is 7.11 Å². The summed E-state index contributed by atoms with van der Waals surface area (Å²) in [7, 11) is 1.77. The lowest BCUT2D eigenvalue weighted by Crippen LogP contribution is -2.38. The molecule has 3 heteroatoms. The Hall–Kier alpha value is 0.270. The fraction of sp³-hybridized carbons (Fsp3) is 1.00. The second-order valence-electron chi connectivity index (χ2n) is 5.18. The quantitative estimate of drug-likeness (QED) is 0.642. The van der Waals surface area contributed by atoms with Crippen LogP contribution in [0.15, 0.2) is 0 Å². The zero-order chi connectivity index (χ0) is 12.4. The largest absolute Gasteiger partial charge is 0.383 e. The first-order valence-corrected chi connectivity index (χ1v) is 8.26. The lowest BCUT2D eigenvalue weighted by Gasteiger charge is -2.37. The molecule has 0 aromatic heterocycles. The smallest absolute Gasteiger partial charge is 0.0587 e. The molecule has 0 bridgehead atoms. The monoisotopic (exact) mass is 259 g/mol. The van der Waals surface area contributed by atoms with Crippen molar-refractivity contribution >= 4 is 11.8 Å². The molecule has 1 N–H and O–H groups in total. The van der Waals surface area contributed by atoms with Gasteiger partial charge in [-0.2, -0.15) is 11.8 Å². The maximum atomic E-state index is 5.10. The molecule has 1 saturated carbocycles. The number of hydrogen-bond donors (Lipinski definition) is 1. The molecule has 0 saturated heterocycles. The molecule has 102 valence electrons. The van der Waals surface area contributed by atoms with E-state index in [9.17, 15) is 0 Å². The Morgan fingerprint density at radius 3 is 2.65 bits per heavy atom. The van der Waals surface area contributed by atoms with Crippen LogP contribution in [0.3, 0.4) is 0 Å². The minimum Gasteiger partial charge on any atom is -0.383 e. The van der Waals surface area contributed by atoms with Crippen molar-refractivity contribution in [3.63, 3.8) is 0 Å². The number of methoxy groups -OCH3 is 1. The van der Waals surface area contributed by atoms with Crippen LogP contribution in [-0.4, -0.2) is 38.3 Å². The average Bonchev–Trinajstić information content (AvgIpc) is 2.36. The Morgan fingerprint density at radius 2 is 2.00 bits per heavy atom. The Balaban J connectivity index is 2.29. The van der Waals surface area contributed by atoms with Gasteiger partial charge in [-0.1, -0.05) is 26.2 Å². The molecule has 0 aromatic carbocycles.